The molecule has 0 heterocycles. The largest absolute Gasteiger partial charge is 0.494 e. The molecule has 0 atom stereocenters. The van der Waals surface area contributed by atoms with Crippen molar-refractivity contribution in [1.82, 2.24) is 0 Å². The molecule has 20 heavy (non-hydrogen) atoms. The van der Waals surface area contributed by atoms with Gasteiger partial charge in [0.1, 0.15) is 5.75 Å². The van der Waals surface area contributed by atoms with Crippen LogP contribution in [0, 0.1) is 11.8 Å². The van der Waals surface area contributed by atoms with Crippen LogP contribution in [0.2, 0.25) is 0 Å². The van der Waals surface area contributed by atoms with E-state index < -0.39 is 0 Å². The Morgan fingerprint density at radius 3 is 2.65 bits per heavy atom. The van der Waals surface area contributed by atoms with Crippen molar-refractivity contribution in [2.45, 2.75) is 26.2 Å². The van der Waals surface area contributed by atoms with Crippen molar-refractivity contribution in [2.75, 3.05) is 12.5 Å². The van der Waals surface area contributed by atoms with Gasteiger partial charge < -0.3 is 4.74 Å². The molecule has 0 aliphatic heterocycles. The first-order valence-corrected chi connectivity index (χ1v) is 7.58. The Morgan fingerprint density at radius 1 is 1.05 bits per heavy atom. The highest BCUT2D eigenvalue weighted by molar-refractivity contribution is 6.19. The molecule has 104 valence electrons. The Kier molecular flexibility index (Phi) is 5.77. The monoisotopic (exact) mass is 286 g/mol. The number of ether oxygens (including phenoxy) is 1. The van der Waals surface area contributed by atoms with Crippen molar-refractivity contribution in [3.8, 4) is 17.6 Å². The summed E-state index contributed by atoms with van der Waals surface area (Å²) < 4.78 is 5.77. The minimum Gasteiger partial charge on any atom is -0.494 e. The molecule has 0 bridgehead atoms. The lowest BCUT2D eigenvalue weighted by Crippen LogP contribution is -1.96. The molecule has 2 aromatic rings. The molecule has 0 N–H and O–H groups in total. The van der Waals surface area contributed by atoms with Gasteiger partial charge in [-0.1, -0.05) is 43.7 Å². The van der Waals surface area contributed by atoms with Crippen LogP contribution >= 0.6 is 11.6 Å². The number of fused-ring (bicyclic) bond motifs is 1. The molecule has 0 spiro atoms. The van der Waals surface area contributed by atoms with Gasteiger partial charge in [0, 0.05) is 5.56 Å². The molecule has 0 saturated heterocycles. The third-order valence-corrected chi connectivity index (χ3v) is 3.26. The maximum Gasteiger partial charge on any atom is 0.119 e. The number of benzene rings is 2. The first-order chi connectivity index (χ1) is 9.83. The predicted molar refractivity (Wildman–Crippen MR) is 86.6 cm³/mol. The summed E-state index contributed by atoms with van der Waals surface area (Å²) in [5, 5.41) is 2.35. The highest BCUT2D eigenvalue weighted by atomic mass is 35.5. The zero-order valence-corrected chi connectivity index (χ0v) is 12.5. The second kappa shape index (κ2) is 7.82. The Labute approximate surface area is 125 Å². The molecule has 0 fully saturated rings. The number of halogens is 1. The molecule has 0 radical (unpaired) electrons. The number of hydrogen-bond acceptors (Lipinski definition) is 1. The Balaban J connectivity index is 2.10. The lowest BCUT2D eigenvalue weighted by molar-refractivity contribution is 0.306. The van der Waals surface area contributed by atoms with Crippen molar-refractivity contribution in [2.24, 2.45) is 0 Å². The highest BCUT2D eigenvalue weighted by Gasteiger charge is 1.99. The van der Waals surface area contributed by atoms with Crippen LogP contribution in [0.1, 0.15) is 31.7 Å². The van der Waals surface area contributed by atoms with Crippen LogP contribution < -0.4 is 4.74 Å². The van der Waals surface area contributed by atoms with Gasteiger partial charge in [-0.25, -0.2) is 0 Å². The van der Waals surface area contributed by atoms with Crippen molar-refractivity contribution in [1.29, 1.82) is 0 Å². The van der Waals surface area contributed by atoms with Gasteiger partial charge in [0.05, 0.1) is 12.5 Å². The fourth-order valence-electron chi connectivity index (χ4n) is 2.07. The summed E-state index contributed by atoms with van der Waals surface area (Å²) in [6.45, 7) is 2.99. The number of alkyl halides is 1. The van der Waals surface area contributed by atoms with Crippen molar-refractivity contribution in [3.63, 3.8) is 0 Å². The van der Waals surface area contributed by atoms with Gasteiger partial charge in [-0.05, 0) is 41.5 Å². The van der Waals surface area contributed by atoms with Crippen LogP contribution in [0.15, 0.2) is 36.4 Å². The standard InChI is InChI=1S/C18H19ClO/c1-2-3-4-12-20-18-10-9-16-13-15(6-5-11-19)7-8-17(16)14-18/h7-10,13-14H,2-4,11-12H2,1H3. The smallest absolute Gasteiger partial charge is 0.119 e. The van der Waals surface area contributed by atoms with Crippen molar-refractivity contribution >= 4 is 22.4 Å². The van der Waals surface area contributed by atoms with Crippen LogP contribution in [0.25, 0.3) is 10.8 Å². The van der Waals surface area contributed by atoms with E-state index in [-0.39, 0.29) is 0 Å². The molecular weight excluding hydrogens is 268 g/mol. The number of hydrogen-bond donors (Lipinski definition) is 0. The average molecular weight is 287 g/mol. The van der Waals surface area contributed by atoms with E-state index in [1.807, 2.05) is 12.1 Å². The second-order valence-corrected chi connectivity index (χ2v) is 4.98. The van der Waals surface area contributed by atoms with E-state index in [4.69, 9.17) is 16.3 Å². The van der Waals surface area contributed by atoms with E-state index >= 15 is 0 Å². The summed E-state index contributed by atoms with van der Waals surface area (Å²) in [6, 6.07) is 12.4. The van der Waals surface area contributed by atoms with Crippen LogP contribution in [0.5, 0.6) is 5.75 Å². The van der Waals surface area contributed by atoms with Gasteiger partial charge >= 0.3 is 0 Å². The summed E-state index contributed by atoms with van der Waals surface area (Å²) in [5.74, 6) is 7.21. The quantitative estimate of drug-likeness (QED) is 0.427. The minimum atomic E-state index is 0.364. The fraction of sp³-hybridized carbons (Fsp3) is 0.333. The van der Waals surface area contributed by atoms with Crippen molar-refractivity contribution in [3.05, 3.63) is 42.0 Å². The van der Waals surface area contributed by atoms with E-state index in [9.17, 15) is 0 Å². The zero-order valence-electron chi connectivity index (χ0n) is 11.8. The van der Waals surface area contributed by atoms with Gasteiger partial charge in [-0.15, -0.1) is 11.6 Å². The molecule has 0 amide bonds. The van der Waals surface area contributed by atoms with Gasteiger partial charge in [-0.3, -0.25) is 0 Å². The zero-order chi connectivity index (χ0) is 14.2. The molecule has 0 aromatic heterocycles. The lowest BCUT2D eigenvalue weighted by Gasteiger charge is -2.07. The topological polar surface area (TPSA) is 9.23 Å². The van der Waals surface area contributed by atoms with Gasteiger partial charge in [0.15, 0.2) is 0 Å². The van der Waals surface area contributed by atoms with Gasteiger partial charge in [0.25, 0.3) is 0 Å². The molecule has 0 aliphatic carbocycles. The third kappa shape index (κ3) is 4.18. The van der Waals surface area contributed by atoms with E-state index in [2.05, 4.69) is 43.0 Å². The fourth-order valence-corrected chi connectivity index (χ4v) is 2.14. The normalized spacial score (nSPS) is 10.1. The summed E-state index contributed by atoms with van der Waals surface area (Å²) in [4.78, 5) is 0. The molecule has 0 saturated carbocycles. The van der Waals surface area contributed by atoms with E-state index in [1.165, 1.54) is 23.6 Å². The molecule has 0 aliphatic rings. The summed E-state index contributed by atoms with van der Waals surface area (Å²) in [7, 11) is 0. The van der Waals surface area contributed by atoms with E-state index in [1.54, 1.807) is 0 Å². The number of rotatable bonds is 5. The minimum absolute atomic E-state index is 0.364. The molecular formula is C18H19ClO. The van der Waals surface area contributed by atoms with Crippen LogP contribution in [0.3, 0.4) is 0 Å². The average Bonchev–Trinajstić information content (AvgIpc) is 2.49. The third-order valence-electron chi connectivity index (χ3n) is 3.13. The highest BCUT2D eigenvalue weighted by Crippen LogP contribution is 2.22. The summed E-state index contributed by atoms with van der Waals surface area (Å²) in [5.41, 5.74) is 0.995. The number of unbranched alkanes of at least 4 members (excludes halogenated alkanes) is 2. The van der Waals surface area contributed by atoms with Crippen LogP contribution in [-0.2, 0) is 0 Å². The van der Waals surface area contributed by atoms with Gasteiger partial charge in [0.2, 0.25) is 0 Å². The maximum atomic E-state index is 5.77. The maximum absolute atomic E-state index is 5.77. The SMILES string of the molecule is CCCCCOc1ccc2cc(C#CCCl)ccc2c1. The molecule has 2 aromatic carbocycles. The lowest BCUT2D eigenvalue weighted by atomic mass is 10.1. The van der Waals surface area contributed by atoms with Crippen LogP contribution in [0.4, 0.5) is 0 Å². The molecule has 2 rings (SSSR count). The second-order valence-electron chi connectivity index (χ2n) is 4.71. The van der Waals surface area contributed by atoms with E-state index in [0.717, 1.165) is 24.3 Å². The Morgan fingerprint density at radius 2 is 1.85 bits per heavy atom. The molecule has 1 nitrogen and oxygen atoms in total. The predicted octanol–water partition coefficient (Wildman–Crippen LogP) is 5.00. The first kappa shape index (κ1) is 14.8. The molecule has 2 heteroatoms. The van der Waals surface area contributed by atoms with Crippen LogP contribution in [-0.4, -0.2) is 12.5 Å². The summed E-state index contributed by atoms with van der Waals surface area (Å²) >= 11 is 5.57. The van der Waals surface area contributed by atoms with E-state index in [0.29, 0.717) is 5.88 Å². The van der Waals surface area contributed by atoms with Crippen molar-refractivity contribution < 1.29 is 4.74 Å². The molecule has 0 unspecified atom stereocenters. The van der Waals surface area contributed by atoms with Gasteiger partial charge in [-0.2, -0.15) is 0 Å². The Hall–Kier alpha value is -1.65. The summed E-state index contributed by atoms with van der Waals surface area (Å²) in [6.07, 6.45) is 3.55. The first-order valence-electron chi connectivity index (χ1n) is 7.05. The Bertz CT molecular complexity index is 622.